The monoisotopic (exact) mass is 287 g/mol. The fourth-order valence-electron chi connectivity index (χ4n) is 2.03. The predicted octanol–water partition coefficient (Wildman–Crippen LogP) is 0.744. The predicted molar refractivity (Wildman–Crippen MR) is 80.4 cm³/mol. The van der Waals surface area contributed by atoms with E-state index in [2.05, 4.69) is 15.6 Å². The second-order valence-corrected chi connectivity index (χ2v) is 4.94. The van der Waals surface area contributed by atoms with Crippen molar-refractivity contribution in [3.8, 4) is 0 Å². The first-order valence-electron chi connectivity index (χ1n) is 7.17. The summed E-state index contributed by atoms with van der Waals surface area (Å²) in [5.74, 6) is -0.0930. The van der Waals surface area contributed by atoms with Gasteiger partial charge in [0.1, 0.15) is 0 Å². The minimum atomic E-state index is -0.462. The summed E-state index contributed by atoms with van der Waals surface area (Å²) >= 11 is 0. The number of carbonyl (C=O) groups excluding carboxylic acids is 1. The molecule has 1 aromatic heterocycles. The van der Waals surface area contributed by atoms with Gasteiger partial charge in [-0.25, -0.2) is 0 Å². The van der Waals surface area contributed by atoms with Crippen LogP contribution in [-0.4, -0.2) is 33.5 Å². The first kappa shape index (κ1) is 15.2. The SMILES string of the molecule is N[C@@H](CCc1ccccc1)C(=O)NCCCn1ccnn1. The quantitative estimate of drug-likeness (QED) is 0.701. The van der Waals surface area contributed by atoms with Gasteiger partial charge in [-0.15, -0.1) is 5.10 Å². The van der Waals surface area contributed by atoms with Crippen LogP contribution >= 0.6 is 0 Å². The van der Waals surface area contributed by atoms with Crippen LogP contribution in [0.2, 0.25) is 0 Å². The van der Waals surface area contributed by atoms with Crippen molar-refractivity contribution in [1.29, 1.82) is 0 Å². The van der Waals surface area contributed by atoms with Gasteiger partial charge in [-0.1, -0.05) is 35.5 Å². The molecule has 0 bridgehead atoms. The molecule has 0 saturated carbocycles. The average Bonchev–Trinajstić information content (AvgIpc) is 3.03. The molecule has 0 radical (unpaired) electrons. The number of aromatic nitrogens is 3. The van der Waals surface area contributed by atoms with Crippen molar-refractivity contribution in [2.24, 2.45) is 5.73 Å². The van der Waals surface area contributed by atoms with Crippen molar-refractivity contribution in [1.82, 2.24) is 20.3 Å². The molecule has 1 amide bonds. The third-order valence-electron chi connectivity index (χ3n) is 3.26. The largest absolute Gasteiger partial charge is 0.355 e. The smallest absolute Gasteiger partial charge is 0.236 e. The van der Waals surface area contributed by atoms with Crippen LogP contribution in [0.15, 0.2) is 42.7 Å². The van der Waals surface area contributed by atoms with E-state index in [4.69, 9.17) is 5.73 Å². The maximum Gasteiger partial charge on any atom is 0.236 e. The second kappa shape index (κ2) is 8.16. The Morgan fingerprint density at radius 1 is 1.33 bits per heavy atom. The van der Waals surface area contributed by atoms with Gasteiger partial charge >= 0.3 is 0 Å². The summed E-state index contributed by atoms with van der Waals surface area (Å²) in [6.45, 7) is 1.33. The molecule has 0 saturated heterocycles. The Hall–Kier alpha value is -2.21. The zero-order valence-corrected chi connectivity index (χ0v) is 12.0. The molecule has 0 aliphatic heterocycles. The van der Waals surface area contributed by atoms with E-state index in [0.29, 0.717) is 13.0 Å². The molecule has 2 aromatic rings. The Morgan fingerprint density at radius 2 is 2.14 bits per heavy atom. The number of nitrogens with two attached hydrogens (primary N) is 1. The molecule has 6 nitrogen and oxygen atoms in total. The van der Waals surface area contributed by atoms with Crippen LogP contribution < -0.4 is 11.1 Å². The molecule has 0 fully saturated rings. The summed E-state index contributed by atoms with van der Waals surface area (Å²) in [6, 6.07) is 9.59. The van der Waals surface area contributed by atoms with Crippen LogP contribution in [-0.2, 0) is 17.8 Å². The Labute approximate surface area is 124 Å². The third-order valence-corrected chi connectivity index (χ3v) is 3.26. The van der Waals surface area contributed by atoms with Crippen LogP contribution in [0.25, 0.3) is 0 Å². The molecule has 0 spiro atoms. The van der Waals surface area contributed by atoms with E-state index in [1.54, 1.807) is 17.1 Å². The molecule has 1 atom stereocenters. The summed E-state index contributed by atoms with van der Waals surface area (Å²) in [6.07, 6.45) is 5.71. The van der Waals surface area contributed by atoms with Crippen LogP contribution in [0.3, 0.4) is 0 Å². The molecule has 21 heavy (non-hydrogen) atoms. The minimum absolute atomic E-state index is 0.0930. The Kier molecular flexibility index (Phi) is 5.90. The van der Waals surface area contributed by atoms with Gasteiger partial charge in [-0.05, 0) is 24.8 Å². The molecule has 2 rings (SSSR count). The summed E-state index contributed by atoms with van der Waals surface area (Å²) in [4.78, 5) is 11.9. The van der Waals surface area contributed by atoms with E-state index in [1.165, 1.54) is 5.56 Å². The fourth-order valence-corrected chi connectivity index (χ4v) is 2.03. The highest BCUT2D eigenvalue weighted by Gasteiger charge is 2.12. The van der Waals surface area contributed by atoms with Gasteiger partial charge in [0.15, 0.2) is 0 Å². The summed E-state index contributed by atoms with van der Waals surface area (Å²) in [7, 11) is 0. The highest BCUT2D eigenvalue weighted by molar-refractivity contribution is 5.81. The van der Waals surface area contributed by atoms with Crippen LogP contribution in [0.4, 0.5) is 0 Å². The molecule has 1 aromatic carbocycles. The molecule has 0 aliphatic carbocycles. The lowest BCUT2D eigenvalue weighted by Gasteiger charge is -2.12. The molecule has 0 unspecified atom stereocenters. The number of amides is 1. The van der Waals surface area contributed by atoms with E-state index in [9.17, 15) is 4.79 Å². The van der Waals surface area contributed by atoms with Gasteiger partial charge in [0.05, 0.1) is 12.2 Å². The van der Waals surface area contributed by atoms with Crippen LogP contribution in [0.5, 0.6) is 0 Å². The second-order valence-electron chi connectivity index (χ2n) is 4.94. The number of hydrogen-bond acceptors (Lipinski definition) is 4. The van der Waals surface area contributed by atoms with Crippen molar-refractivity contribution < 1.29 is 4.79 Å². The highest BCUT2D eigenvalue weighted by atomic mass is 16.2. The number of nitrogens with zero attached hydrogens (tertiary/aromatic N) is 3. The average molecular weight is 287 g/mol. The summed E-state index contributed by atoms with van der Waals surface area (Å²) in [5.41, 5.74) is 7.10. The van der Waals surface area contributed by atoms with Crippen LogP contribution in [0, 0.1) is 0 Å². The van der Waals surface area contributed by atoms with Gasteiger partial charge < -0.3 is 11.1 Å². The van der Waals surface area contributed by atoms with E-state index in [-0.39, 0.29) is 5.91 Å². The topological polar surface area (TPSA) is 85.8 Å². The molecule has 1 heterocycles. The van der Waals surface area contributed by atoms with E-state index >= 15 is 0 Å². The van der Waals surface area contributed by atoms with Gasteiger partial charge in [0, 0.05) is 19.3 Å². The van der Waals surface area contributed by atoms with Gasteiger partial charge in [-0.2, -0.15) is 0 Å². The maximum absolute atomic E-state index is 11.9. The van der Waals surface area contributed by atoms with Crippen molar-refractivity contribution in [2.45, 2.75) is 31.8 Å². The van der Waals surface area contributed by atoms with Crippen LogP contribution in [0.1, 0.15) is 18.4 Å². The van der Waals surface area contributed by atoms with Gasteiger partial charge in [0.25, 0.3) is 0 Å². The maximum atomic E-state index is 11.9. The van der Waals surface area contributed by atoms with Crippen molar-refractivity contribution >= 4 is 5.91 Å². The van der Waals surface area contributed by atoms with Gasteiger partial charge in [-0.3, -0.25) is 9.48 Å². The number of carbonyl (C=O) groups is 1. The lowest BCUT2D eigenvalue weighted by Crippen LogP contribution is -2.41. The lowest BCUT2D eigenvalue weighted by molar-refractivity contribution is -0.122. The molecule has 3 N–H and O–H groups in total. The molecular weight excluding hydrogens is 266 g/mol. The zero-order valence-electron chi connectivity index (χ0n) is 12.0. The van der Waals surface area contributed by atoms with Crippen molar-refractivity contribution in [3.63, 3.8) is 0 Å². The third kappa shape index (κ3) is 5.35. The summed E-state index contributed by atoms with van der Waals surface area (Å²) in [5, 5.41) is 10.4. The van der Waals surface area contributed by atoms with E-state index < -0.39 is 6.04 Å². The molecular formula is C15H21N5O. The highest BCUT2D eigenvalue weighted by Crippen LogP contribution is 2.04. The normalized spacial score (nSPS) is 12.0. The lowest BCUT2D eigenvalue weighted by atomic mass is 10.1. The molecule has 6 heteroatoms. The van der Waals surface area contributed by atoms with E-state index in [0.717, 1.165) is 19.4 Å². The zero-order chi connectivity index (χ0) is 14.9. The van der Waals surface area contributed by atoms with Gasteiger partial charge in [0.2, 0.25) is 5.91 Å². The van der Waals surface area contributed by atoms with E-state index in [1.807, 2.05) is 30.3 Å². The number of rotatable bonds is 8. The fraction of sp³-hybridized carbons (Fsp3) is 0.400. The first-order valence-corrected chi connectivity index (χ1v) is 7.17. The Bertz CT molecular complexity index is 526. The Balaban J connectivity index is 1.61. The van der Waals surface area contributed by atoms with Crippen molar-refractivity contribution in [2.75, 3.05) is 6.54 Å². The molecule has 0 aliphatic rings. The standard InChI is InChI=1S/C15H21N5O/c16-14(8-7-13-5-2-1-3-6-13)15(21)17-9-4-11-20-12-10-18-19-20/h1-3,5-6,10,12,14H,4,7-9,11,16H2,(H,17,21)/t14-/m0/s1. The van der Waals surface area contributed by atoms with Crippen molar-refractivity contribution in [3.05, 3.63) is 48.3 Å². The number of aryl methyl sites for hydroxylation is 2. The minimum Gasteiger partial charge on any atom is -0.355 e. The number of nitrogens with one attached hydrogen (secondary N) is 1. The Morgan fingerprint density at radius 3 is 2.86 bits per heavy atom. The first-order chi connectivity index (χ1) is 10.3. The number of hydrogen-bond donors (Lipinski definition) is 2. The summed E-state index contributed by atoms with van der Waals surface area (Å²) < 4.78 is 1.74. The number of benzene rings is 1. The molecule has 112 valence electrons.